The van der Waals surface area contributed by atoms with Crippen molar-refractivity contribution in [1.29, 1.82) is 0 Å². The first-order valence-electron chi connectivity index (χ1n) is 17.0. The molecule has 0 radical (unpaired) electrons. The molecule has 2 aromatic rings. The lowest BCUT2D eigenvalue weighted by Crippen LogP contribution is -2.62. The van der Waals surface area contributed by atoms with Crippen LogP contribution in [0.3, 0.4) is 0 Å². The van der Waals surface area contributed by atoms with Crippen molar-refractivity contribution in [2.24, 2.45) is 11.8 Å². The summed E-state index contributed by atoms with van der Waals surface area (Å²) in [6.07, 6.45) is 15.4. The SMILES string of the molecule is C=C1C(C(CCC)CCC)=Cc2c3ncnc2N1CCCCCCCN1C2CC1CC(C2)C(F)(F)c1cccc(c1F)CN3. The smallest absolute Gasteiger partial charge is 0.278 e. The molecule has 2 unspecified atom stereocenters. The van der Waals surface area contributed by atoms with Gasteiger partial charge in [0.25, 0.3) is 5.92 Å². The van der Waals surface area contributed by atoms with E-state index in [-0.39, 0.29) is 24.2 Å². The molecule has 2 atom stereocenters. The lowest BCUT2D eigenvalue weighted by atomic mass is 9.70. The molecule has 5 aliphatic heterocycles. The highest BCUT2D eigenvalue weighted by molar-refractivity contribution is 5.82. The number of hydrogen-bond donors (Lipinski definition) is 1. The largest absolute Gasteiger partial charge is 0.365 e. The lowest BCUT2D eigenvalue weighted by Gasteiger charge is -2.56. The van der Waals surface area contributed by atoms with Gasteiger partial charge in [-0.1, -0.05) is 70.7 Å². The molecule has 8 rings (SSSR count). The summed E-state index contributed by atoms with van der Waals surface area (Å²) < 4.78 is 47.8. The molecule has 1 aromatic heterocycles. The van der Waals surface area contributed by atoms with Crippen LogP contribution in [0.25, 0.3) is 6.08 Å². The van der Waals surface area contributed by atoms with Gasteiger partial charge in [0.1, 0.15) is 23.8 Å². The third-order valence-corrected chi connectivity index (χ3v) is 10.6. The average Bonchev–Trinajstić information content (AvgIpc) is 3.01. The van der Waals surface area contributed by atoms with E-state index in [0.717, 1.165) is 94.4 Å². The highest BCUT2D eigenvalue weighted by Gasteiger charge is 2.54. The predicted molar refractivity (Wildman–Crippen MR) is 172 cm³/mol. The van der Waals surface area contributed by atoms with Gasteiger partial charge in [0, 0.05) is 42.4 Å². The highest BCUT2D eigenvalue weighted by atomic mass is 19.3. The zero-order chi connectivity index (χ0) is 30.8. The molecule has 238 valence electrons. The van der Waals surface area contributed by atoms with E-state index < -0.39 is 23.2 Å². The second kappa shape index (κ2) is 13.2. The number of alkyl halides is 2. The molecule has 0 amide bonds. The molecule has 5 nitrogen and oxygen atoms in total. The summed E-state index contributed by atoms with van der Waals surface area (Å²) in [6.45, 7) is 10.9. The van der Waals surface area contributed by atoms with Crippen molar-refractivity contribution in [1.82, 2.24) is 14.9 Å². The van der Waals surface area contributed by atoms with Crippen LogP contribution < -0.4 is 10.2 Å². The number of halogens is 3. The molecule has 1 saturated carbocycles. The Hall–Kier alpha value is -2.87. The number of allylic oxidation sites excluding steroid dienone is 1. The molecule has 3 fully saturated rings. The average molecular weight is 608 g/mol. The molecule has 44 heavy (non-hydrogen) atoms. The molecule has 1 aliphatic carbocycles. The second-order valence-electron chi connectivity index (χ2n) is 13.4. The number of rotatable bonds is 5. The maximum absolute atomic E-state index is 16.0. The summed E-state index contributed by atoms with van der Waals surface area (Å²) in [4.78, 5) is 14.0. The molecule has 2 saturated heterocycles. The summed E-state index contributed by atoms with van der Waals surface area (Å²) in [5.74, 6) is -3.08. The minimum Gasteiger partial charge on any atom is -0.365 e. The molecule has 6 aliphatic rings. The summed E-state index contributed by atoms with van der Waals surface area (Å²) in [6, 6.07) is 4.83. The third kappa shape index (κ3) is 5.91. The van der Waals surface area contributed by atoms with E-state index in [4.69, 9.17) is 4.98 Å². The number of fused-ring (bicyclic) bond motifs is 7. The number of anilines is 2. The van der Waals surface area contributed by atoms with Gasteiger partial charge in [0.2, 0.25) is 0 Å². The van der Waals surface area contributed by atoms with E-state index in [9.17, 15) is 0 Å². The quantitative estimate of drug-likeness (QED) is 0.367. The van der Waals surface area contributed by atoms with Crippen molar-refractivity contribution in [3.05, 3.63) is 64.9 Å². The van der Waals surface area contributed by atoms with E-state index in [0.29, 0.717) is 24.6 Å². The van der Waals surface area contributed by atoms with E-state index >= 15 is 13.2 Å². The highest BCUT2D eigenvalue weighted by Crippen LogP contribution is 2.51. The van der Waals surface area contributed by atoms with Crippen molar-refractivity contribution in [2.75, 3.05) is 23.3 Å². The Morgan fingerprint density at radius 2 is 1.68 bits per heavy atom. The minimum atomic E-state index is -3.21. The molecule has 6 heterocycles. The van der Waals surface area contributed by atoms with Crippen LogP contribution in [0.2, 0.25) is 0 Å². The monoisotopic (exact) mass is 607 g/mol. The zero-order valence-corrected chi connectivity index (χ0v) is 26.4. The summed E-state index contributed by atoms with van der Waals surface area (Å²) >= 11 is 0. The zero-order valence-electron chi connectivity index (χ0n) is 26.4. The van der Waals surface area contributed by atoms with Crippen LogP contribution in [-0.2, 0) is 12.5 Å². The number of hydrogen-bond acceptors (Lipinski definition) is 5. The Balaban J connectivity index is 1.35. The maximum atomic E-state index is 16.0. The second-order valence-corrected chi connectivity index (χ2v) is 13.4. The van der Waals surface area contributed by atoms with Gasteiger partial charge in [-0.3, -0.25) is 4.90 Å². The van der Waals surface area contributed by atoms with Crippen molar-refractivity contribution in [3.63, 3.8) is 0 Å². The van der Waals surface area contributed by atoms with Crippen molar-refractivity contribution < 1.29 is 13.2 Å². The first-order valence-corrected chi connectivity index (χ1v) is 17.0. The van der Waals surface area contributed by atoms with Crippen LogP contribution in [0.1, 0.15) is 108 Å². The van der Waals surface area contributed by atoms with Crippen LogP contribution in [0.4, 0.5) is 24.8 Å². The van der Waals surface area contributed by atoms with Gasteiger partial charge in [-0.2, -0.15) is 0 Å². The first kappa shape index (κ1) is 31.1. The Kier molecular flexibility index (Phi) is 9.36. The molecule has 10 bridgehead atoms. The van der Waals surface area contributed by atoms with Crippen LogP contribution >= 0.6 is 0 Å². The summed E-state index contributed by atoms with van der Waals surface area (Å²) in [5.41, 5.74) is 2.84. The topological polar surface area (TPSA) is 44.3 Å². The number of piperidine rings is 1. The summed E-state index contributed by atoms with van der Waals surface area (Å²) in [7, 11) is 0. The maximum Gasteiger partial charge on any atom is 0.278 e. The number of nitrogens with zero attached hydrogens (tertiary/aromatic N) is 4. The number of aromatic nitrogens is 2. The Morgan fingerprint density at radius 3 is 2.41 bits per heavy atom. The van der Waals surface area contributed by atoms with E-state index in [2.05, 4.69) is 46.6 Å². The molecule has 1 N–H and O–H groups in total. The van der Waals surface area contributed by atoms with Gasteiger partial charge in [-0.25, -0.2) is 23.1 Å². The summed E-state index contributed by atoms with van der Waals surface area (Å²) in [5, 5.41) is 3.31. The number of nitrogens with one attached hydrogen (secondary N) is 1. The van der Waals surface area contributed by atoms with Crippen molar-refractivity contribution in [2.45, 2.75) is 115 Å². The molecule has 0 spiro atoms. The van der Waals surface area contributed by atoms with E-state index in [1.807, 2.05) is 0 Å². The fraction of sp³-hybridized carbons (Fsp3) is 0.611. The molecular formula is C36H48F3N5. The fourth-order valence-corrected chi connectivity index (χ4v) is 8.23. The molecule has 1 aromatic carbocycles. The van der Waals surface area contributed by atoms with E-state index in [1.165, 1.54) is 18.0 Å². The van der Waals surface area contributed by atoms with Crippen molar-refractivity contribution in [3.8, 4) is 0 Å². The van der Waals surface area contributed by atoms with Gasteiger partial charge in [0.05, 0.1) is 11.1 Å². The van der Waals surface area contributed by atoms with Gasteiger partial charge in [0.15, 0.2) is 0 Å². The van der Waals surface area contributed by atoms with Gasteiger partial charge < -0.3 is 10.2 Å². The fourth-order valence-electron chi connectivity index (χ4n) is 8.23. The molecule has 8 heteroatoms. The van der Waals surface area contributed by atoms with Crippen LogP contribution in [0.15, 0.2) is 42.4 Å². The van der Waals surface area contributed by atoms with Gasteiger partial charge in [-0.05, 0) is 69.1 Å². The van der Waals surface area contributed by atoms with Gasteiger partial charge >= 0.3 is 0 Å². The molecular weight excluding hydrogens is 559 g/mol. The standard InChI is InChI=1S/C36H48F3N5/c1-4-12-25(13-5-2)30-21-31-34-40-22-26-14-11-15-32(33(26)37)36(38,39)27-18-28-20-29(19-27)44(28)17-10-8-6-7-9-16-43(24(30)3)35(31)42-23-41-34/h11,14-15,21,23,25,27-29H,3-10,12-13,16-20,22H2,1-2H3,(H,40,41,42). The van der Waals surface area contributed by atoms with Crippen molar-refractivity contribution >= 4 is 17.7 Å². The van der Waals surface area contributed by atoms with Gasteiger partial charge in [-0.15, -0.1) is 0 Å². The van der Waals surface area contributed by atoms with Crippen LogP contribution in [-0.4, -0.2) is 40.0 Å². The predicted octanol–water partition coefficient (Wildman–Crippen LogP) is 9.07. The van der Waals surface area contributed by atoms with Crippen LogP contribution in [0, 0.1) is 17.7 Å². The first-order chi connectivity index (χ1) is 21.3. The normalized spacial score (nSPS) is 26.8. The Morgan fingerprint density at radius 1 is 0.977 bits per heavy atom. The Labute approximate surface area is 261 Å². The number of benzene rings is 1. The van der Waals surface area contributed by atoms with Crippen LogP contribution in [0.5, 0.6) is 0 Å². The Bertz CT molecular complexity index is 1360. The van der Waals surface area contributed by atoms with E-state index in [1.54, 1.807) is 12.1 Å². The lowest BCUT2D eigenvalue weighted by molar-refractivity contribution is -0.145. The minimum absolute atomic E-state index is 0.0559. The third-order valence-electron chi connectivity index (χ3n) is 10.6.